The van der Waals surface area contributed by atoms with Crippen molar-refractivity contribution in [1.29, 1.82) is 0 Å². The zero-order valence-electron chi connectivity index (χ0n) is 48.9. The number of benzene rings is 4. The van der Waals surface area contributed by atoms with Crippen LogP contribution in [-0.2, 0) is 44.5 Å². The zero-order valence-corrected chi connectivity index (χ0v) is 48.9. The van der Waals surface area contributed by atoms with Gasteiger partial charge in [0.15, 0.2) is 34.5 Å². The molecule has 1 aromatic heterocycles. The van der Waals surface area contributed by atoms with Crippen molar-refractivity contribution in [1.82, 2.24) is 9.80 Å². The highest BCUT2D eigenvalue weighted by Crippen LogP contribution is 2.41. The van der Waals surface area contributed by atoms with E-state index in [1.165, 1.54) is 87.1 Å². The van der Waals surface area contributed by atoms with Crippen LogP contribution in [-0.4, -0.2) is 177 Å². The summed E-state index contributed by atoms with van der Waals surface area (Å²) >= 11 is 0. The number of hydrogen-bond acceptors (Lipinski definition) is 21. The Morgan fingerprint density at radius 2 is 0.964 bits per heavy atom. The number of carbonyl (C=O) groups is 4. The van der Waals surface area contributed by atoms with E-state index in [4.69, 9.17) is 70.7 Å². The Balaban J connectivity index is 1.16. The lowest BCUT2D eigenvalue weighted by atomic mass is 10.0. The third-order valence-corrected chi connectivity index (χ3v) is 12.5. The normalized spacial score (nSPS) is 11.6. The summed E-state index contributed by atoms with van der Waals surface area (Å²) in [5, 5.41) is 3.41. The number of aryl methyl sites for hydroxylation is 1. The first-order valence-electron chi connectivity index (χ1n) is 25.9. The molecule has 5 aromatic rings. The monoisotopic (exact) mass is 1160 g/mol. The molecule has 0 fully saturated rings. The lowest BCUT2D eigenvalue weighted by molar-refractivity contribution is -0.144. The second-order valence-electron chi connectivity index (χ2n) is 18.0. The highest BCUT2D eigenvalue weighted by atomic mass is 16.6. The molecule has 0 aliphatic heterocycles. The Bertz CT molecular complexity index is 3080. The molecule has 1 heterocycles. The fraction of sp³-hybridized carbons (Fsp3) is 0.383. The van der Waals surface area contributed by atoms with E-state index < -0.39 is 35.7 Å². The highest BCUT2D eigenvalue weighted by molar-refractivity contribution is 5.93. The molecule has 1 atom stereocenters. The number of hydrogen-bond donors (Lipinski definition) is 1. The van der Waals surface area contributed by atoms with Crippen LogP contribution >= 0.6 is 0 Å². The summed E-state index contributed by atoms with van der Waals surface area (Å²) in [6.45, 7) is 3.09. The van der Waals surface area contributed by atoms with Gasteiger partial charge in [0.1, 0.15) is 24.9 Å². The molecule has 0 aliphatic carbocycles. The topological polar surface area (TPSA) is 246 Å². The van der Waals surface area contributed by atoms with E-state index in [0.717, 1.165) is 0 Å². The second-order valence-corrected chi connectivity index (χ2v) is 18.0. The number of rotatable bonds is 33. The SMILES string of the molecule is COc1cc(/C=C/C(=O)OCCOCCN(C)CC(Cc2c(C)c3ccc(NC(=O)N(C)CCOCCOC(=O)/C=C/c4cc(OC)c(OC)c(OC)c4)cc3oc2=O)OC(=O)/C=C/c2cc(OC)c(OC)c(OC)c2)cc(OC)c1OC. The highest BCUT2D eigenvalue weighted by Gasteiger charge is 2.23. The quantitative estimate of drug-likeness (QED) is 0.0142. The number of anilines is 1. The van der Waals surface area contributed by atoms with E-state index in [1.54, 1.807) is 86.8 Å². The number of likely N-dealkylation sites (N-methyl/N-ethyl adjacent to an activating group) is 2. The van der Waals surface area contributed by atoms with Gasteiger partial charge in [0.05, 0.1) is 90.4 Å². The van der Waals surface area contributed by atoms with Gasteiger partial charge < -0.3 is 85.8 Å². The van der Waals surface area contributed by atoms with Crippen LogP contribution < -0.4 is 53.6 Å². The minimum Gasteiger partial charge on any atom is -0.493 e. The lowest BCUT2D eigenvalue weighted by Crippen LogP contribution is -2.37. The van der Waals surface area contributed by atoms with E-state index in [0.29, 0.717) is 91.6 Å². The summed E-state index contributed by atoms with van der Waals surface area (Å²) < 4.78 is 82.3. The first kappa shape index (κ1) is 64.9. The summed E-state index contributed by atoms with van der Waals surface area (Å²) in [6.07, 6.45) is 7.60. The van der Waals surface area contributed by atoms with Crippen molar-refractivity contribution in [3.05, 3.63) is 111 Å². The molecular weight excluding hydrogens is 1080 g/mol. The van der Waals surface area contributed by atoms with E-state index in [-0.39, 0.29) is 70.3 Å². The molecule has 0 spiro atoms. The number of ether oxygens (including phenoxy) is 14. The predicted octanol–water partition coefficient (Wildman–Crippen LogP) is 7.29. The largest absolute Gasteiger partial charge is 0.493 e. The zero-order chi connectivity index (χ0) is 60.4. The average molecular weight is 1160 g/mol. The van der Waals surface area contributed by atoms with Crippen LogP contribution in [0.5, 0.6) is 51.7 Å². The number of nitrogens with zero attached hydrogens (tertiary/aromatic N) is 2. The smallest absolute Gasteiger partial charge is 0.339 e. The Morgan fingerprint density at radius 1 is 0.542 bits per heavy atom. The first-order chi connectivity index (χ1) is 40.0. The van der Waals surface area contributed by atoms with Gasteiger partial charge >= 0.3 is 29.6 Å². The van der Waals surface area contributed by atoms with Crippen molar-refractivity contribution in [2.45, 2.75) is 19.4 Å². The van der Waals surface area contributed by atoms with E-state index in [9.17, 15) is 24.0 Å². The Hall–Kier alpha value is -8.93. The van der Waals surface area contributed by atoms with E-state index in [1.807, 2.05) is 11.9 Å². The molecule has 2 amide bonds. The molecule has 448 valence electrons. The van der Waals surface area contributed by atoms with Crippen LogP contribution in [0.1, 0.15) is 27.8 Å². The fourth-order valence-electron chi connectivity index (χ4n) is 8.25. The van der Waals surface area contributed by atoms with Gasteiger partial charge in [0.25, 0.3) is 0 Å². The predicted molar refractivity (Wildman–Crippen MR) is 309 cm³/mol. The molecule has 0 aliphatic rings. The third kappa shape index (κ3) is 19.1. The molecule has 23 nitrogen and oxygen atoms in total. The minimum atomic E-state index is -0.855. The molecule has 83 heavy (non-hydrogen) atoms. The number of urea groups is 1. The molecule has 0 saturated carbocycles. The molecule has 0 saturated heterocycles. The van der Waals surface area contributed by atoms with E-state index in [2.05, 4.69) is 5.32 Å². The molecule has 4 aromatic carbocycles. The maximum absolute atomic E-state index is 13.8. The Morgan fingerprint density at radius 3 is 1.39 bits per heavy atom. The number of methoxy groups -OCH3 is 9. The van der Waals surface area contributed by atoms with Crippen molar-refractivity contribution >= 4 is 58.8 Å². The van der Waals surface area contributed by atoms with Crippen molar-refractivity contribution in [3.63, 3.8) is 0 Å². The fourth-order valence-corrected chi connectivity index (χ4v) is 8.25. The summed E-state index contributed by atoms with van der Waals surface area (Å²) in [5.41, 5.74) is 2.65. The maximum Gasteiger partial charge on any atom is 0.339 e. The summed E-state index contributed by atoms with van der Waals surface area (Å²) in [7, 11) is 16.8. The van der Waals surface area contributed by atoms with Crippen molar-refractivity contribution < 1.29 is 89.9 Å². The van der Waals surface area contributed by atoms with Crippen LogP contribution in [0.25, 0.3) is 29.2 Å². The molecular formula is C60H73N3O20. The number of amides is 2. The maximum atomic E-state index is 13.8. The van der Waals surface area contributed by atoms with Gasteiger partial charge in [-0.2, -0.15) is 0 Å². The van der Waals surface area contributed by atoms with Crippen molar-refractivity contribution in [3.8, 4) is 51.7 Å². The lowest BCUT2D eigenvalue weighted by Gasteiger charge is -2.24. The third-order valence-electron chi connectivity index (χ3n) is 12.5. The van der Waals surface area contributed by atoms with Gasteiger partial charge in [-0.15, -0.1) is 0 Å². The van der Waals surface area contributed by atoms with Gasteiger partial charge in [0.2, 0.25) is 17.2 Å². The summed E-state index contributed by atoms with van der Waals surface area (Å²) in [5.74, 6) is 1.92. The van der Waals surface area contributed by atoms with Crippen molar-refractivity contribution in [2.24, 2.45) is 0 Å². The van der Waals surface area contributed by atoms with Gasteiger partial charge in [-0.25, -0.2) is 24.0 Å². The van der Waals surface area contributed by atoms with Crippen LogP contribution in [0.15, 0.2) is 82.0 Å². The first-order valence-corrected chi connectivity index (χ1v) is 25.9. The number of carbonyl (C=O) groups excluding carboxylic acids is 4. The summed E-state index contributed by atoms with van der Waals surface area (Å²) in [4.78, 5) is 68.6. The number of nitrogens with one attached hydrogen (secondary N) is 1. The molecule has 5 rings (SSSR count). The standard InChI is InChI=1S/C60H73N3O20/c1-38-44-17-16-42(61-60(68)63(3)22-24-79-26-28-81-54(65)19-14-40-31-49(71-6)57(76-11)50(32-40)72-7)35-46(44)83-59(67)45(38)36-43(82-55(66)20-15-41-33-51(73-8)58(77-12)52(34-41)74-9)37-62(2)21-23-78-25-27-80-53(64)18-13-39-29-47(69-4)56(75-10)48(30-39)70-5/h13-20,29-35,43H,21-28,36-37H2,1-12H3,(H,61,68)/b18-13+,19-14+,20-15+. The number of esters is 3. The van der Waals surface area contributed by atoms with Crippen LogP contribution in [0, 0.1) is 6.92 Å². The summed E-state index contributed by atoms with van der Waals surface area (Å²) in [6, 6.07) is 14.6. The van der Waals surface area contributed by atoms with Gasteiger partial charge in [0, 0.05) is 74.0 Å². The van der Waals surface area contributed by atoms with Crippen molar-refractivity contribution in [2.75, 3.05) is 143 Å². The second kappa shape index (κ2) is 33.1. The Kier molecular flexibility index (Phi) is 25.9. The Labute approximate surface area is 482 Å². The molecule has 0 radical (unpaired) electrons. The molecule has 23 heteroatoms. The molecule has 1 unspecified atom stereocenters. The van der Waals surface area contributed by atoms with Gasteiger partial charge in [-0.1, -0.05) is 0 Å². The van der Waals surface area contributed by atoms with Gasteiger partial charge in [-0.3, -0.25) is 0 Å². The molecule has 0 bridgehead atoms. The molecule has 1 N–H and O–H groups in total. The van der Waals surface area contributed by atoms with E-state index >= 15 is 0 Å². The van der Waals surface area contributed by atoms with Crippen LogP contribution in [0.3, 0.4) is 0 Å². The number of fused-ring (bicyclic) bond motifs is 1. The van der Waals surface area contributed by atoms with Crippen LogP contribution in [0.2, 0.25) is 0 Å². The average Bonchev–Trinajstić information content (AvgIpc) is 3.58. The minimum absolute atomic E-state index is 0.0109. The van der Waals surface area contributed by atoms with Crippen LogP contribution in [0.4, 0.5) is 10.5 Å². The van der Waals surface area contributed by atoms with Gasteiger partial charge in [-0.05, 0) is 103 Å².